The number of hydrogen-bond acceptors (Lipinski definition) is 5. The molecule has 3 aromatic rings. The van der Waals surface area contributed by atoms with Gasteiger partial charge in [0.2, 0.25) is 5.88 Å². The monoisotopic (exact) mass is 400 g/mol. The highest BCUT2D eigenvalue weighted by Crippen LogP contribution is 2.36. The molecule has 0 saturated carbocycles. The Morgan fingerprint density at radius 3 is 2.93 bits per heavy atom. The third-order valence-corrected chi connectivity index (χ3v) is 5.71. The lowest BCUT2D eigenvalue weighted by Crippen LogP contribution is -2.35. The molecular weight excluding hydrogens is 376 g/mol. The second-order valence-electron chi connectivity index (χ2n) is 7.07. The molecule has 1 aliphatic heterocycles. The van der Waals surface area contributed by atoms with Crippen LogP contribution in [0.5, 0.6) is 11.6 Å². The lowest BCUT2D eigenvalue weighted by Gasteiger charge is -2.25. The lowest BCUT2D eigenvalue weighted by atomic mass is 9.95. The van der Waals surface area contributed by atoms with Crippen LogP contribution in [0.2, 0.25) is 0 Å². The summed E-state index contributed by atoms with van der Waals surface area (Å²) in [6.07, 6.45) is 2.65. The van der Waals surface area contributed by atoms with E-state index in [-0.39, 0.29) is 16.2 Å². The van der Waals surface area contributed by atoms with Crippen molar-refractivity contribution < 1.29 is 9.84 Å². The molecule has 0 saturated heterocycles. The van der Waals surface area contributed by atoms with Gasteiger partial charge in [0.15, 0.2) is 4.77 Å². The maximum atomic E-state index is 12.7. The number of aromatic hydroxyl groups is 1. The zero-order valence-electron chi connectivity index (χ0n) is 16.0. The van der Waals surface area contributed by atoms with E-state index in [0.717, 1.165) is 47.2 Å². The van der Waals surface area contributed by atoms with Crippen LogP contribution >= 0.6 is 12.2 Å². The van der Waals surface area contributed by atoms with Gasteiger partial charge in [-0.25, -0.2) is 0 Å². The first-order chi connectivity index (χ1) is 13.5. The summed E-state index contributed by atoms with van der Waals surface area (Å²) in [5, 5.41) is 15.4. The number of aromatic amines is 2. The topological polar surface area (TPSA) is 95.1 Å². The van der Waals surface area contributed by atoms with Gasteiger partial charge < -0.3 is 20.1 Å². The molecule has 0 amide bonds. The van der Waals surface area contributed by atoms with Gasteiger partial charge in [-0.05, 0) is 48.8 Å². The number of methoxy groups -OCH3 is 1. The molecule has 0 unspecified atom stereocenters. The molecule has 148 valence electrons. The van der Waals surface area contributed by atoms with E-state index in [0.29, 0.717) is 18.7 Å². The molecule has 0 bridgehead atoms. The Morgan fingerprint density at radius 1 is 1.36 bits per heavy atom. The molecule has 1 atom stereocenters. The second kappa shape index (κ2) is 7.44. The van der Waals surface area contributed by atoms with Crippen molar-refractivity contribution in [3.63, 3.8) is 0 Å². The molecule has 0 radical (unpaired) electrons. The zero-order chi connectivity index (χ0) is 19.8. The number of fused-ring (bicyclic) bond motifs is 3. The van der Waals surface area contributed by atoms with Crippen LogP contribution in [0, 0.1) is 4.77 Å². The van der Waals surface area contributed by atoms with E-state index in [1.807, 2.05) is 18.2 Å². The van der Waals surface area contributed by atoms with Crippen LogP contribution in [0.1, 0.15) is 42.6 Å². The van der Waals surface area contributed by atoms with Crippen LogP contribution in [-0.4, -0.2) is 33.3 Å². The third kappa shape index (κ3) is 3.02. The van der Waals surface area contributed by atoms with Gasteiger partial charge in [0, 0.05) is 29.7 Å². The summed E-state index contributed by atoms with van der Waals surface area (Å²) >= 11 is 5.26. The maximum Gasteiger partial charge on any atom is 0.260 e. The van der Waals surface area contributed by atoms with E-state index in [2.05, 4.69) is 22.2 Å². The lowest BCUT2D eigenvalue weighted by molar-refractivity contribution is 0.382. The Bertz CT molecular complexity index is 1140. The molecule has 0 fully saturated rings. The van der Waals surface area contributed by atoms with Crippen molar-refractivity contribution in [2.45, 2.75) is 38.8 Å². The highest BCUT2D eigenvalue weighted by molar-refractivity contribution is 7.71. The average Bonchev–Trinajstić information content (AvgIpc) is 3.06. The van der Waals surface area contributed by atoms with Crippen LogP contribution < -0.4 is 15.6 Å². The van der Waals surface area contributed by atoms with Crippen molar-refractivity contribution in [2.24, 2.45) is 0 Å². The van der Waals surface area contributed by atoms with Crippen LogP contribution in [0.4, 0.5) is 0 Å². The average molecular weight is 401 g/mol. The molecule has 7 nitrogen and oxygen atoms in total. The largest absolute Gasteiger partial charge is 0.497 e. The van der Waals surface area contributed by atoms with E-state index in [1.54, 1.807) is 11.7 Å². The first-order valence-corrected chi connectivity index (χ1v) is 9.93. The highest BCUT2D eigenvalue weighted by Gasteiger charge is 2.30. The summed E-state index contributed by atoms with van der Waals surface area (Å²) < 4.78 is 7.22. The van der Waals surface area contributed by atoms with Gasteiger partial charge in [0.1, 0.15) is 11.3 Å². The third-order valence-electron chi connectivity index (χ3n) is 5.39. The molecule has 3 heterocycles. The number of benzene rings is 1. The Kier molecular flexibility index (Phi) is 4.99. The number of hydrogen-bond donors (Lipinski definition) is 4. The van der Waals surface area contributed by atoms with Crippen molar-refractivity contribution in [1.82, 2.24) is 19.9 Å². The van der Waals surface area contributed by atoms with Crippen molar-refractivity contribution in [2.75, 3.05) is 13.7 Å². The van der Waals surface area contributed by atoms with Crippen molar-refractivity contribution in [3.8, 4) is 11.6 Å². The molecule has 0 spiro atoms. The smallest absolute Gasteiger partial charge is 0.260 e. The summed E-state index contributed by atoms with van der Waals surface area (Å²) in [5.74, 6) is 0.724. The minimum Gasteiger partial charge on any atom is -0.497 e. The fourth-order valence-corrected chi connectivity index (χ4v) is 4.21. The van der Waals surface area contributed by atoms with Gasteiger partial charge in [-0.2, -0.15) is 0 Å². The number of aromatic nitrogens is 3. The summed E-state index contributed by atoms with van der Waals surface area (Å²) in [7, 11) is 1.65. The van der Waals surface area contributed by atoms with E-state index in [4.69, 9.17) is 17.0 Å². The number of ether oxygens (including phenoxy) is 1. The fourth-order valence-electron chi connectivity index (χ4n) is 3.94. The van der Waals surface area contributed by atoms with Gasteiger partial charge in [-0.1, -0.05) is 13.3 Å². The summed E-state index contributed by atoms with van der Waals surface area (Å²) in [4.78, 5) is 18.9. The van der Waals surface area contributed by atoms with Gasteiger partial charge >= 0.3 is 0 Å². The summed E-state index contributed by atoms with van der Waals surface area (Å²) in [6.45, 7) is 3.33. The van der Waals surface area contributed by atoms with Crippen molar-refractivity contribution >= 4 is 23.1 Å². The van der Waals surface area contributed by atoms with Crippen molar-refractivity contribution in [3.05, 3.63) is 50.1 Å². The normalized spacial score (nSPS) is 16.3. The van der Waals surface area contributed by atoms with Crippen LogP contribution in [0.3, 0.4) is 0 Å². The molecule has 8 heteroatoms. The first-order valence-electron chi connectivity index (χ1n) is 9.53. The molecule has 0 aliphatic carbocycles. The highest BCUT2D eigenvalue weighted by atomic mass is 32.1. The van der Waals surface area contributed by atoms with Crippen molar-refractivity contribution in [1.29, 1.82) is 0 Å². The minimum atomic E-state index is -0.436. The standard InChI is InChI=1S/C20H24N4O3S/c1-3-4-9-24-19(26)15(18(25)23-20(24)28)17-16-12(7-8-21-17)13-10-11(27-2)5-6-14(13)22-16/h5-6,10,17,21-22,26H,3-4,7-9H2,1-2H3,(H,23,25,28)/t17-/m1/s1. The van der Waals surface area contributed by atoms with E-state index >= 15 is 0 Å². The van der Waals surface area contributed by atoms with E-state index < -0.39 is 6.04 Å². The van der Waals surface area contributed by atoms with Crippen LogP contribution in [-0.2, 0) is 13.0 Å². The quantitative estimate of drug-likeness (QED) is 0.494. The minimum absolute atomic E-state index is 0.0659. The molecule has 1 aromatic carbocycles. The number of nitrogens with zero attached hydrogens (tertiary/aromatic N) is 1. The molecule has 2 aromatic heterocycles. The second-order valence-corrected chi connectivity index (χ2v) is 7.45. The SMILES string of the molecule is CCCCn1c(O)c([C@H]2NCCc3c2[nH]c2ccc(OC)cc32)c(=O)[nH]c1=S. The maximum absolute atomic E-state index is 12.7. The predicted molar refractivity (Wildman–Crippen MR) is 111 cm³/mol. The molecule has 1 aliphatic rings. The Balaban J connectivity index is 1.89. The zero-order valence-corrected chi connectivity index (χ0v) is 16.8. The van der Waals surface area contributed by atoms with Gasteiger partial charge in [-0.15, -0.1) is 0 Å². The number of nitrogens with one attached hydrogen (secondary N) is 3. The Hall–Kier alpha value is -2.58. The summed E-state index contributed by atoms with van der Waals surface area (Å²) in [6, 6.07) is 5.45. The molecular formula is C20H24N4O3S. The molecule has 4 rings (SSSR count). The molecule has 28 heavy (non-hydrogen) atoms. The van der Waals surface area contributed by atoms with Gasteiger partial charge in [0.05, 0.1) is 13.2 Å². The number of H-pyrrole nitrogens is 2. The first kappa shape index (κ1) is 18.8. The van der Waals surface area contributed by atoms with Gasteiger partial charge in [-0.3, -0.25) is 14.3 Å². The Morgan fingerprint density at radius 2 is 2.18 bits per heavy atom. The van der Waals surface area contributed by atoms with E-state index in [1.165, 1.54) is 0 Å². The number of rotatable bonds is 5. The molecule has 4 N–H and O–H groups in total. The van der Waals surface area contributed by atoms with E-state index in [9.17, 15) is 9.90 Å². The van der Waals surface area contributed by atoms with Gasteiger partial charge in [0.25, 0.3) is 5.56 Å². The van der Waals surface area contributed by atoms with Crippen LogP contribution in [0.25, 0.3) is 10.9 Å². The van der Waals surface area contributed by atoms with Crippen LogP contribution in [0.15, 0.2) is 23.0 Å². The number of unbranched alkanes of at least 4 members (excludes halogenated alkanes) is 1. The Labute approximate surface area is 167 Å². The predicted octanol–water partition coefficient (Wildman–Crippen LogP) is 3.14. The fraction of sp³-hybridized carbons (Fsp3) is 0.400. The summed E-state index contributed by atoms with van der Waals surface area (Å²) in [5.41, 5.74) is 2.95.